The third-order valence-corrected chi connectivity index (χ3v) is 5.32. The van der Waals surface area contributed by atoms with Crippen LogP contribution in [0.4, 0.5) is 0 Å². The Kier molecular flexibility index (Phi) is 7.91. The molecular formula is C21H33NO3. The molecule has 0 heterocycles. The molecule has 1 amide bonds. The summed E-state index contributed by atoms with van der Waals surface area (Å²) in [5.74, 6) is 1.72. The Morgan fingerprint density at radius 1 is 1.28 bits per heavy atom. The molecule has 0 saturated heterocycles. The first-order chi connectivity index (χ1) is 12.0. The molecule has 3 atom stereocenters. The number of carbonyl (C=O) groups is 1. The molecule has 0 bridgehead atoms. The molecular weight excluding hydrogens is 314 g/mol. The maximum absolute atomic E-state index is 12.6. The summed E-state index contributed by atoms with van der Waals surface area (Å²) in [5.41, 5.74) is 1.07. The predicted octanol–water partition coefficient (Wildman–Crippen LogP) is 3.48. The van der Waals surface area contributed by atoms with E-state index in [0.29, 0.717) is 30.8 Å². The second-order valence-electron chi connectivity index (χ2n) is 7.70. The quantitative estimate of drug-likeness (QED) is 0.783. The number of aliphatic hydroxyl groups excluding tert-OH is 1. The van der Waals surface area contributed by atoms with Crippen molar-refractivity contribution in [2.24, 2.45) is 17.8 Å². The first kappa shape index (κ1) is 19.9. The van der Waals surface area contributed by atoms with Gasteiger partial charge >= 0.3 is 0 Å². The van der Waals surface area contributed by atoms with Gasteiger partial charge in [-0.2, -0.15) is 0 Å². The van der Waals surface area contributed by atoms with E-state index in [1.165, 1.54) is 12.8 Å². The van der Waals surface area contributed by atoms with Crippen molar-refractivity contribution >= 4 is 5.91 Å². The van der Waals surface area contributed by atoms with Gasteiger partial charge in [-0.05, 0) is 36.2 Å². The molecule has 2 rings (SSSR count). The van der Waals surface area contributed by atoms with Crippen LogP contribution in [0.5, 0.6) is 0 Å². The van der Waals surface area contributed by atoms with Gasteiger partial charge in [-0.1, -0.05) is 57.5 Å². The SMILES string of the molecule is CC(C)[C@@H]1CC[C@@H](C)C[C@H]1OCC(=O)N(CCO)Cc1ccccc1. The molecule has 1 fully saturated rings. The minimum atomic E-state index is -0.0429. The summed E-state index contributed by atoms with van der Waals surface area (Å²) in [6, 6.07) is 9.88. The summed E-state index contributed by atoms with van der Waals surface area (Å²) in [6.45, 7) is 7.67. The van der Waals surface area contributed by atoms with Gasteiger partial charge in [0.05, 0.1) is 12.7 Å². The van der Waals surface area contributed by atoms with Crippen LogP contribution in [0, 0.1) is 17.8 Å². The Morgan fingerprint density at radius 3 is 2.64 bits per heavy atom. The van der Waals surface area contributed by atoms with Crippen LogP contribution in [0.1, 0.15) is 45.6 Å². The molecule has 1 saturated carbocycles. The molecule has 0 spiro atoms. The number of amides is 1. The van der Waals surface area contributed by atoms with Crippen molar-refractivity contribution < 1.29 is 14.6 Å². The van der Waals surface area contributed by atoms with Crippen LogP contribution < -0.4 is 0 Å². The van der Waals surface area contributed by atoms with E-state index in [1.54, 1.807) is 4.90 Å². The average Bonchev–Trinajstić information content (AvgIpc) is 2.60. The summed E-state index contributed by atoms with van der Waals surface area (Å²) >= 11 is 0. The van der Waals surface area contributed by atoms with Gasteiger partial charge < -0.3 is 14.7 Å². The number of aliphatic hydroxyl groups is 1. The molecule has 1 aliphatic rings. The summed E-state index contributed by atoms with van der Waals surface area (Å²) < 4.78 is 6.08. The van der Waals surface area contributed by atoms with Crippen molar-refractivity contribution in [1.29, 1.82) is 0 Å². The zero-order chi connectivity index (χ0) is 18.2. The second kappa shape index (κ2) is 9.93. The van der Waals surface area contributed by atoms with Crippen LogP contribution in [-0.4, -0.2) is 41.8 Å². The van der Waals surface area contributed by atoms with E-state index in [1.807, 2.05) is 30.3 Å². The average molecular weight is 347 g/mol. The van der Waals surface area contributed by atoms with Gasteiger partial charge in [0.1, 0.15) is 6.61 Å². The lowest BCUT2D eigenvalue weighted by atomic mass is 9.75. The highest BCUT2D eigenvalue weighted by Crippen LogP contribution is 2.35. The highest BCUT2D eigenvalue weighted by atomic mass is 16.5. The van der Waals surface area contributed by atoms with E-state index in [-0.39, 0.29) is 25.2 Å². The van der Waals surface area contributed by atoms with Crippen molar-refractivity contribution in [3.05, 3.63) is 35.9 Å². The second-order valence-corrected chi connectivity index (χ2v) is 7.70. The van der Waals surface area contributed by atoms with Gasteiger partial charge in [-0.3, -0.25) is 4.79 Å². The lowest BCUT2D eigenvalue weighted by Gasteiger charge is -2.37. The molecule has 0 radical (unpaired) electrons. The maximum atomic E-state index is 12.6. The fourth-order valence-electron chi connectivity index (χ4n) is 3.79. The van der Waals surface area contributed by atoms with E-state index >= 15 is 0 Å². The summed E-state index contributed by atoms with van der Waals surface area (Å²) in [4.78, 5) is 14.3. The molecule has 1 aromatic rings. The number of nitrogens with zero attached hydrogens (tertiary/aromatic N) is 1. The fraction of sp³-hybridized carbons (Fsp3) is 0.667. The van der Waals surface area contributed by atoms with Crippen molar-refractivity contribution in [2.75, 3.05) is 19.8 Å². The number of ether oxygens (including phenoxy) is 1. The summed E-state index contributed by atoms with van der Waals surface area (Å²) in [6.07, 6.45) is 3.64. The lowest BCUT2D eigenvalue weighted by Crippen LogP contribution is -2.40. The lowest BCUT2D eigenvalue weighted by molar-refractivity contribution is -0.142. The van der Waals surface area contributed by atoms with E-state index < -0.39 is 0 Å². The maximum Gasteiger partial charge on any atom is 0.248 e. The zero-order valence-electron chi connectivity index (χ0n) is 15.9. The molecule has 1 aromatic carbocycles. The molecule has 25 heavy (non-hydrogen) atoms. The third-order valence-electron chi connectivity index (χ3n) is 5.32. The Labute approximate surface area is 152 Å². The first-order valence-corrected chi connectivity index (χ1v) is 9.55. The highest BCUT2D eigenvalue weighted by Gasteiger charge is 2.32. The third kappa shape index (κ3) is 6.12. The van der Waals surface area contributed by atoms with Crippen LogP contribution in [0.25, 0.3) is 0 Å². The Morgan fingerprint density at radius 2 is 2.00 bits per heavy atom. The van der Waals surface area contributed by atoms with Crippen molar-refractivity contribution in [3.63, 3.8) is 0 Å². The largest absolute Gasteiger partial charge is 0.395 e. The van der Waals surface area contributed by atoms with Crippen LogP contribution in [-0.2, 0) is 16.1 Å². The normalized spacial score (nSPS) is 23.6. The Bertz CT molecular complexity index is 517. The van der Waals surface area contributed by atoms with E-state index in [2.05, 4.69) is 20.8 Å². The van der Waals surface area contributed by atoms with Gasteiger partial charge in [0.15, 0.2) is 0 Å². The molecule has 4 heteroatoms. The van der Waals surface area contributed by atoms with Crippen molar-refractivity contribution in [1.82, 2.24) is 4.90 Å². The van der Waals surface area contributed by atoms with E-state index in [4.69, 9.17) is 4.74 Å². The van der Waals surface area contributed by atoms with Crippen molar-refractivity contribution in [2.45, 2.75) is 52.7 Å². The van der Waals surface area contributed by atoms with Crippen molar-refractivity contribution in [3.8, 4) is 0 Å². The van der Waals surface area contributed by atoms with E-state index in [9.17, 15) is 9.90 Å². The van der Waals surface area contributed by atoms with Crippen LogP contribution in [0.3, 0.4) is 0 Å². The fourth-order valence-corrected chi connectivity index (χ4v) is 3.79. The number of benzene rings is 1. The molecule has 0 aromatic heterocycles. The van der Waals surface area contributed by atoms with Crippen LogP contribution in [0.15, 0.2) is 30.3 Å². The minimum Gasteiger partial charge on any atom is -0.395 e. The van der Waals surface area contributed by atoms with Crippen LogP contribution >= 0.6 is 0 Å². The molecule has 1 N–H and O–H groups in total. The van der Waals surface area contributed by atoms with E-state index in [0.717, 1.165) is 12.0 Å². The number of hydrogen-bond donors (Lipinski definition) is 1. The molecule has 0 unspecified atom stereocenters. The zero-order valence-corrected chi connectivity index (χ0v) is 15.9. The van der Waals surface area contributed by atoms with Gasteiger partial charge in [0.2, 0.25) is 5.91 Å². The monoisotopic (exact) mass is 347 g/mol. The Balaban J connectivity index is 1.93. The molecule has 4 nitrogen and oxygen atoms in total. The Hall–Kier alpha value is -1.39. The smallest absolute Gasteiger partial charge is 0.248 e. The number of rotatable bonds is 8. The molecule has 0 aliphatic heterocycles. The summed E-state index contributed by atoms with van der Waals surface area (Å²) in [5, 5.41) is 9.30. The van der Waals surface area contributed by atoms with Gasteiger partial charge in [0, 0.05) is 13.1 Å². The van der Waals surface area contributed by atoms with Gasteiger partial charge in [0.25, 0.3) is 0 Å². The first-order valence-electron chi connectivity index (χ1n) is 9.55. The van der Waals surface area contributed by atoms with Gasteiger partial charge in [-0.25, -0.2) is 0 Å². The standard InChI is InChI=1S/C21H33NO3/c1-16(2)19-10-9-17(3)13-20(19)25-15-21(24)22(11-12-23)14-18-7-5-4-6-8-18/h4-8,16-17,19-20,23H,9-15H2,1-3H3/t17-,19+,20-/m1/s1. The molecule has 1 aliphatic carbocycles. The highest BCUT2D eigenvalue weighted by molar-refractivity contribution is 5.77. The predicted molar refractivity (Wildman–Crippen MR) is 100 cm³/mol. The number of carbonyl (C=O) groups excluding carboxylic acids is 1. The minimum absolute atomic E-state index is 0.0341. The van der Waals surface area contributed by atoms with Gasteiger partial charge in [-0.15, -0.1) is 0 Å². The molecule has 140 valence electrons. The topological polar surface area (TPSA) is 49.8 Å². The summed E-state index contributed by atoms with van der Waals surface area (Å²) in [7, 11) is 0. The van der Waals surface area contributed by atoms with Crippen LogP contribution in [0.2, 0.25) is 0 Å². The number of hydrogen-bond acceptors (Lipinski definition) is 3.